The molecule has 1 unspecified atom stereocenters. The minimum absolute atomic E-state index is 0.134. The summed E-state index contributed by atoms with van der Waals surface area (Å²) in [4.78, 5) is 26.1. The molecule has 0 spiro atoms. The SMILES string of the molecule is CCOC(=O)c1c(N2CCC(O)C2)sc(C(=O)NC)c1N. The number of nitrogen functional groups attached to an aromatic ring is 1. The number of carbonyl (C=O) groups excluding carboxylic acids is 2. The molecule has 21 heavy (non-hydrogen) atoms. The summed E-state index contributed by atoms with van der Waals surface area (Å²) < 4.78 is 5.03. The zero-order chi connectivity index (χ0) is 15.6. The number of esters is 1. The maximum absolute atomic E-state index is 12.1. The van der Waals surface area contributed by atoms with E-state index in [1.807, 2.05) is 4.90 Å². The van der Waals surface area contributed by atoms with Crippen molar-refractivity contribution < 1.29 is 19.4 Å². The molecule has 1 saturated heterocycles. The molecular weight excluding hydrogens is 294 g/mol. The van der Waals surface area contributed by atoms with Crippen LogP contribution < -0.4 is 16.0 Å². The summed E-state index contributed by atoms with van der Waals surface area (Å²) in [5.41, 5.74) is 6.32. The van der Waals surface area contributed by atoms with Gasteiger partial charge in [-0.3, -0.25) is 4.79 Å². The van der Waals surface area contributed by atoms with Gasteiger partial charge < -0.3 is 25.8 Å². The summed E-state index contributed by atoms with van der Waals surface area (Å²) in [5.74, 6) is -0.883. The van der Waals surface area contributed by atoms with Crippen LogP contribution >= 0.6 is 11.3 Å². The lowest BCUT2D eigenvalue weighted by Gasteiger charge is -2.17. The third-order valence-electron chi connectivity index (χ3n) is 3.29. The van der Waals surface area contributed by atoms with Crippen LogP contribution in [0.4, 0.5) is 10.7 Å². The number of ether oxygens (including phenoxy) is 1. The molecule has 2 rings (SSSR count). The molecule has 1 fully saturated rings. The summed E-state index contributed by atoms with van der Waals surface area (Å²) in [6.07, 6.45) is 0.182. The van der Waals surface area contributed by atoms with Crippen molar-refractivity contribution in [3.63, 3.8) is 0 Å². The van der Waals surface area contributed by atoms with E-state index in [0.29, 0.717) is 24.5 Å². The largest absolute Gasteiger partial charge is 0.462 e. The van der Waals surface area contributed by atoms with Gasteiger partial charge in [0.1, 0.15) is 15.4 Å². The van der Waals surface area contributed by atoms with Gasteiger partial charge in [-0.25, -0.2) is 4.79 Å². The van der Waals surface area contributed by atoms with E-state index in [2.05, 4.69) is 5.32 Å². The van der Waals surface area contributed by atoms with E-state index in [0.717, 1.165) is 11.3 Å². The highest BCUT2D eigenvalue weighted by molar-refractivity contribution is 7.19. The van der Waals surface area contributed by atoms with Crippen LogP contribution in [0.25, 0.3) is 0 Å². The molecule has 8 heteroatoms. The number of thiophene rings is 1. The van der Waals surface area contributed by atoms with Gasteiger partial charge in [-0.1, -0.05) is 0 Å². The number of nitrogens with zero attached hydrogens (tertiary/aromatic N) is 1. The fourth-order valence-electron chi connectivity index (χ4n) is 2.26. The summed E-state index contributed by atoms with van der Waals surface area (Å²) in [6, 6.07) is 0. The molecule has 0 bridgehead atoms. The summed E-state index contributed by atoms with van der Waals surface area (Å²) in [6.45, 7) is 2.96. The third kappa shape index (κ3) is 2.96. The molecule has 1 aliphatic heterocycles. The van der Waals surface area contributed by atoms with Gasteiger partial charge >= 0.3 is 5.97 Å². The normalized spacial score (nSPS) is 17.9. The number of amides is 1. The van der Waals surface area contributed by atoms with E-state index < -0.39 is 12.1 Å². The van der Waals surface area contributed by atoms with E-state index in [9.17, 15) is 14.7 Å². The monoisotopic (exact) mass is 313 g/mol. The Labute approximate surface area is 126 Å². The van der Waals surface area contributed by atoms with Gasteiger partial charge in [0, 0.05) is 20.1 Å². The smallest absolute Gasteiger partial charge is 0.343 e. The molecule has 1 amide bonds. The lowest BCUT2D eigenvalue weighted by Crippen LogP contribution is -2.22. The minimum Gasteiger partial charge on any atom is -0.462 e. The van der Waals surface area contributed by atoms with Gasteiger partial charge in [0.25, 0.3) is 5.91 Å². The number of aliphatic hydroxyl groups excluding tert-OH is 1. The molecule has 0 radical (unpaired) electrons. The summed E-state index contributed by atoms with van der Waals surface area (Å²) in [5, 5.41) is 12.8. The van der Waals surface area contributed by atoms with Crippen LogP contribution in [0.15, 0.2) is 0 Å². The van der Waals surface area contributed by atoms with Crippen molar-refractivity contribution in [3.8, 4) is 0 Å². The van der Waals surface area contributed by atoms with Gasteiger partial charge in [0.2, 0.25) is 0 Å². The molecule has 2 heterocycles. The molecule has 7 nitrogen and oxygen atoms in total. The number of nitrogens with one attached hydrogen (secondary N) is 1. The van der Waals surface area contributed by atoms with E-state index in [1.165, 1.54) is 7.05 Å². The van der Waals surface area contributed by atoms with Crippen LogP contribution in [-0.2, 0) is 4.74 Å². The lowest BCUT2D eigenvalue weighted by atomic mass is 10.2. The quantitative estimate of drug-likeness (QED) is 0.697. The van der Waals surface area contributed by atoms with Crippen LogP contribution in [0.1, 0.15) is 33.4 Å². The minimum atomic E-state index is -0.544. The first kappa shape index (κ1) is 15.6. The van der Waals surface area contributed by atoms with E-state index in [1.54, 1.807) is 6.92 Å². The van der Waals surface area contributed by atoms with Crippen LogP contribution in [0.3, 0.4) is 0 Å². The number of β-amino-alcohol motifs (C(OH)–C–C–N with tert-alkyl or cyclic N) is 1. The molecule has 0 aromatic carbocycles. The van der Waals surface area contributed by atoms with E-state index in [-0.39, 0.29) is 28.6 Å². The van der Waals surface area contributed by atoms with Crippen molar-refractivity contribution in [1.29, 1.82) is 0 Å². The van der Waals surface area contributed by atoms with Crippen molar-refractivity contribution in [1.82, 2.24) is 5.32 Å². The Morgan fingerprint density at radius 3 is 2.81 bits per heavy atom. The van der Waals surface area contributed by atoms with Gasteiger partial charge in [0.05, 0.1) is 18.4 Å². The molecule has 0 saturated carbocycles. The number of carbonyl (C=O) groups is 2. The Kier molecular flexibility index (Phi) is 4.69. The zero-order valence-corrected chi connectivity index (χ0v) is 12.8. The van der Waals surface area contributed by atoms with Crippen molar-refractivity contribution in [3.05, 3.63) is 10.4 Å². The number of rotatable bonds is 4. The predicted octanol–water partition coefficient (Wildman–Crippen LogP) is 0.438. The second kappa shape index (κ2) is 6.31. The predicted molar refractivity (Wildman–Crippen MR) is 80.9 cm³/mol. The maximum Gasteiger partial charge on any atom is 0.343 e. The van der Waals surface area contributed by atoms with E-state index in [4.69, 9.17) is 10.5 Å². The topological polar surface area (TPSA) is 105 Å². The van der Waals surface area contributed by atoms with Crippen LogP contribution in [-0.4, -0.2) is 49.8 Å². The zero-order valence-electron chi connectivity index (χ0n) is 12.0. The molecular formula is C13H19N3O4S. The summed E-state index contributed by atoms with van der Waals surface area (Å²) in [7, 11) is 1.50. The standard InChI is InChI=1S/C13H19N3O4S/c1-3-20-13(19)8-9(14)10(11(18)15-2)21-12(8)16-5-4-7(17)6-16/h7,17H,3-6,14H2,1-2H3,(H,15,18). The summed E-state index contributed by atoms with van der Waals surface area (Å²) >= 11 is 1.15. The Morgan fingerprint density at radius 2 is 2.29 bits per heavy atom. The Balaban J connectivity index is 2.46. The molecule has 0 aliphatic carbocycles. The highest BCUT2D eigenvalue weighted by atomic mass is 32.1. The Hall–Kier alpha value is -1.80. The first-order chi connectivity index (χ1) is 9.99. The molecule has 1 atom stereocenters. The number of hydrogen-bond acceptors (Lipinski definition) is 7. The van der Waals surface area contributed by atoms with E-state index >= 15 is 0 Å². The highest BCUT2D eigenvalue weighted by Crippen LogP contribution is 2.40. The first-order valence-electron chi connectivity index (χ1n) is 6.74. The molecule has 1 aromatic heterocycles. The van der Waals surface area contributed by atoms with Gasteiger partial charge in [0.15, 0.2) is 0 Å². The Bertz CT molecular complexity index is 558. The van der Waals surface area contributed by atoms with Crippen LogP contribution in [0.5, 0.6) is 0 Å². The van der Waals surface area contributed by atoms with Gasteiger partial charge in [-0.15, -0.1) is 11.3 Å². The first-order valence-corrected chi connectivity index (χ1v) is 7.55. The molecule has 1 aromatic rings. The van der Waals surface area contributed by atoms with Gasteiger partial charge in [-0.2, -0.15) is 0 Å². The number of hydrogen-bond donors (Lipinski definition) is 3. The highest BCUT2D eigenvalue weighted by Gasteiger charge is 2.32. The fraction of sp³-hybridized carbons (Fsp3) is 0.538. The van der Waals surface area contributed by atoms with Crippen LogP contribution in [0, 0.1) is 0 Å². The Morgan fingerprint density at radius 1 is 1.57 bits per heavy atom. The lowest BCUT2D eigenvalue weighted by molar-refractivity contribution is 0.0528. The second-order valence-corrected chi connectivity index (χ2v) is 5.71. The maximum atomic E-state index is 12.1. The van der Waals surface area contributed by atoms with Crippen molar-refractivity contribution in [2.75, 3.05) is 37.4 Å². The fourth-order valence-corrected chi connectivity index (χ4v) is 3.45. The third-order valence-corrected chi connectivity index (χ3v) is 4.56. The molecule has 1 aliphatic rings. The van der Waals surface area contributed by atoms with Crippen molar-refractivity contribution >= 4 is 33.9 Å². The average Bonchev–Trinajstić information content (AvgIpc) is 3.02. The van der Waals surface area contributed by atoms with Gasteiger partial charge in [-0.05, 0) is 13.3 Å². The van der Waals surface area contributed by atoms with Crippen LogP contribution in [0.2, 0.25) is 0 Å². The molecule has 116 valence electrons. The second-order valence-electron chi connectivity index (χ2n) is 4.71. The van der Waals surface area contributed by atoms with Crippen molar-refractivity contribution in [2.45, 2.75) is 19.4 Å². The number of anilines is 2. The number of nitrogens with two attached hydrogens (primary N) is 1. The molecule has 4 N–H and O–H groups in total. The average molecular weight is 313 g/mol. The number of aliphatic hydroxyl groups is 1. The van der Waals surface area contributed by atoms with Crippen molar-refractivity contribution in [2.24, 2.45) is 0 Å².